The summed E-state index contributed by atoms with van der Waals surface area (Å²) in [5, 5.41) is 39.3. The van der Waals surface area contributed by atoms with Crippen molar-refractivity contribution in [3.8, 4) is 5.75 Å². The van der Waals surface area contributed by atoms with Gasteiger partial charge in [-0.05, 0) is 60.1 Å². The highest BCUT2D eigenvalue weighted by atomic mass is 16.3. The number of phenols is 1. The van der Waals surface area contributed by atoms with Crippen molar-refractivity contribution in [3.05, 3.63) is 102 Å². The highest BCUT2D eigenvalue weighted by Crippen LogP contribution is 2.22. The van der Waals surface area contributed by atoms with Gasteiger partial charge in [0.05, 0.1) is 13.0 Å². The van der Waals surface area contributed by atoms with Crippen LogP contribution in [0.15, 0.2) is 85.1 Å². The van der Waals surface area contributed by atoms with Crippen LogP contribution in [0.5, 0.6) is 5.75 Å². The highest BCUT2D eigenvalue weighted by molar-refractivity contribution is 6.00. The van der Waals surface area contributed by atoms with Gasteiger partial charge in [-0.25, -0.2) is 0 Å². The molecule has 8 atom stereocenters. The summed E-state index contributed by atoms with van der Waals surface area (Å²) in [5.41, 5.74) is 13.8. The van der Waals surface area contributed by atoms with Gasteiger partial charge >= 0.3 is 0 Å². The van der Waals surface area contributed by atoms with Crippen LogP contribution in [0, 0.1) is 5.92 Å². The van der Waals surface area contributed by atoms with Crippen LogP contribution in [-0.2, 0) is 67.2 Å². The Kier molecular flexibility index (Phi) is 18.8. The zero-order chi connectivity index (χ0) is 53.6. The molecule has 2 aliphatic heterocycles. The minimum Gasteiger partial charge on any atom is -0.508 e. The van der Waals surface area contributed by atoms with Gasteiger partial charge in [0.2, 0.25) is 59.1 Å². The molecule has 3 heterocycles. The number of benzene rings is 3. The van der Waals surface area contributed by atoms with E-state index in [0.29, 0.717) is 23.1 Å². The summed E-state index contributed by atoms with van der Waals surface area (Å²) in [4.78, 5) is 138. The van der Waals surface area contributed by atoms with Crippen molar-refractivity contribution >= 4 is 70.0 Å². The fourth-order valence-corrected chi connectivity index (χ4v) is 8.92. The van der Waals surface area contributed by atoms with Gasteiger partial charge in [-0.15, -0.1) is 0 Å². The topological polar surface area (TPSA) is 366 Å². The molecule has 2 saturated heterocycles. The number of aromatic nitrogens is 1. The molecule has 0 unspecified atom stereocenters. The molecule has 0 radical (unpaired) electrons. The smallest absolute Gasteiger partial charge is 0.248 e. The molecule has 1 aromatic heterocycles. The predicted octanol–water partition coefficient (Wildman–Crippen LogP) is -1.91. The van der Waals surface area contributed by atoms with Crippen LogP contribution in [0.2, 0.25) is 0 Å². The lowest BCUT2D eigenvalue weighted by Gasteiger charge is -2.30. The van der Waals surface area contributed by atoms with E-state index in [4.69, 9.17) is 11.5 Å². The van der Waals surface area contributed by atoms with Crippen LogP contribution in [0.1, 0.15) is 62.6 Å². The highest BCUT2D eigenvalue weighted by Gasteiger charge is 2.41. The minimum atomic E-state index is -1.66. The van der Waals surface area contributed by atoms with E-state index in [-0.39, 0.29) is 56.7 Å². The summed E-state index contributed by atoms with van der Waals surface area (Å²) in [6.07, 6.45) is 1.49. The maximum atomic E-state index is 14.3. The van der Waals surface area contributed by atoms with E-state index in [9.17, 15) is 58.2 Å². The standard InChI is InChI=1S/C51H63N11O12/c1-27(2)43(61-45(68)34-18-19-42(66)55-34)50(73)59-38(24-41(52)65)48(71)57-36(21-28-9-4-3-5-10-28)47(70)60-39(26-63)51(74)62-20-8-13-40(62)49(72)58-37(22-29-14-16-31(64)17-15-29)46(69)56-35(44(53)67)23-30-25-54-33-12-7-6-11-32(30)33/h3-7,9-12,14-17,25,27,34-40,43,54,63-64H,8,13,18-24,26H2,1-2H3,(H2,52,65)(H2,53,67)(H,55,66)(H,56,69)(H,57,71)(H,58,72)(H,59,73)(H,60,70)(H,61,68)/t34-,35-,36-,37-,38-,39-,40-,43-/m0/s1. The minimum absolute atomic E-state index is 0.0122. The molecule has 23 nitrogen and oxygen atoms in total. The van der Waals surface area contributed by atoms with Gasteiger partial charge in [0.15, 0.2) is 0 Å². The molecule has 10 amide bonds. The van der Waals surface area contributed by atoms with Crippen molar-refractivity contribution in [1.82, 2.24) is 47.1 Å². The first-order chi connectivity index (χ1) is 35.3. The van der Waals surface area contributed by atoms with Crippen molar-refractivity contribution in [1.29, 1.82) is 0 Å². The second-order valence-corrected chi connectivity index (χ2v) is 18.8. The predicted molar refractivity (Wildman–Crippen MR) is 266 cm³/mol. The second-order valence-electron chi connectivity index (χ2n) is 18.8. The number of amides is 10. The molecule has 0 aliphatic carbocycles. The number of nitrogens with two attached hydrogens (primary N) is 2. The van der Waals surface area contributed by atoms with Crippen LogP contribution >= 0.6 is 0 Å². The second kappa shape index (κ2) is 25.4. The Morgan fingerprint density at radius 3 is 1.89 bits per heavy atom. The molecule has 4 aromatic rings. The van der Waals surface area contributed by atoms with Crippen LogP contribution in [0.4, 0.5) is 0 Å². The number of H-pyrrole nitrogens is 1. The number of likely N-dealkylation sites (tertiary alicyclic amines) is 1. The Morgan fingerprint density at radius 2 is 1.27 bits per heavy atom. The summed E-state index contributed by atoms with van der Waals surface area (Å²) in [6.45, 7) is 2.32. The molecule has 0 saturated carbocycles. The molecule has 6 rings (SSSR count). The number of primary amides is 2. The van der Waals surface area contributed by atoms with Crippen LogP contribution in [0.3, 0.4) is 0 Å². The number of hydrogen-bond donors (Lipinski definition) is 12. The molecule has 2 fully saturated rings. The Balaban J connectivity index is 1.16. The number of rotatable bonds is 24. The summed E-state index contributed by atoms with van der Waals surface area (Å²) in [6, 6.07) is 11.0. The lowest BCUT2D eigenvalue weighted by atomic mass is 10.0. The van der Waals surface area contributed by atoms with E-state index in [0.717, 1.165) is 15.8 Å². The van der Waals surface area contributed by atoms with Gasteiger partial charge in [0, 0.05) is 49.3 Å². The normalized spacial score (nSPS) is 17.7. The quantitative estimate of drug-likeness (QED) is 0.0366. The number of aromatic amines is 1. The molecule has 74 heavy (non-hydrogen) atoms. The Labute approximate surface area is 425 Å². The zero-order valence-corrected chi connectivity index (χ0v) is 40.9. The fourth-order valence-electron chi connectivity index (χ4n) is 8.92. The fraction of sp³-hybridized carbons (Fsp3) is 0.412. The number of nitrogens with zero attached hydrogens (tertiary/aromatic N) is 1. The Bertz CT molecular complexity index is 2710. The van der Waals surface area contributed by atoms with Crippen molar-refractivity contribution in [3.63, 3.8) is 0 Å². The van der Waals surface area contributed by atoms with Gasteiger partial charge in [0.1, 0.15) is 54.1 Å². The lowest BCUT2D eigenvalue weighted by molar-refractivity contribution is -0.143. The number of hydrogen-bond acceptors (Lipinski definition) is 12. The van der Waals surface area contributed by atoms with E-state index in [1.165, 1.54) is 12.1 Å². The van der Waals surface area contributed by atoms with E-state index >= 15 is 0 Å². The third-order valence-corrected chi connectivity index (χ3v) is 12.9. The van der Waals surface area contributed by atoms with Gasteiger partial charge in [-0.1, -0.05) is 74.5 Å². The first kappa shape index (κ1) is 55.0. The van der Waals surface area contributed by atoms with Crippen LogP contribution in [0.25, 0.3) is 10.9 Å². The van der Waals surface area contributed by atoms with E-state index in [1.54, 1.807) is 62.5 Å². The first-order valence-electron chi connectivity index (χ1n) is 24.3. The van der Waals surface area contributed by atoms with Crippen LogP contribution in [-0.4, -0.2) is 141 Å². The van der Waals surface area contributed by atoms with Crippen molar-refractivity contribution < 1.29 is 58.2 Å². The van der Waals surface area contributed by atoms with Crippen molar-refractivity contribution in [2.45, 2.75) is 114 Å². The number of aliphatic hydroxyl groups excluding tert-OH is 1. The SMILES string of the molecule is CC(C)[C@H](NC(=O)[C@@H]1CCC(=O)N1)C(=O)N[C@@H](CC(N)=O)C(=O)N[C@@H](Cc1ccccc1)C(=O)N[C@@H](CO)C(=O)N1CCC[C@H]1C(=O)N[C@@H](Cc1ccc(O)cc1)C(=O)N[C@@H](Cc1c[nH]c2ccccc12)C(N)=O. The Hall–Kier alpha value is -8.34. The number of carbonyl (C=O) groups is 10. The first-order valence-corrected chi connectivity index (χ1v) is 24.3. The van der Waals surface area contributed by atoms with Crippen molar-refractivity contribution in [2.24, 2.45) is 17.4 Å². The zero-order valence-electron chi connectivity index (χ0n) is 40.9. The summed E-state index contributed by atoms with van der Waals surface area (Å²) >= 11 is 0. The maximum absolute atomic E-state index is 14.3. The van der Waals surface area contributed by atoms with Crippen LogP contribution < -0.4 is 48.7 Å². The number of para-hydroxylation sites is 1. The van der Waals surface area contributed by atoms with Gasteiger partial charge < -0.3 is 68.8 Å². The van der Waals surface area contributed by atoms with Gasteiger partial charge in [-0.3, -0.25) is 47.9 Å². The molecule has 0 spiro atoms. The molecule has 23 heteroatoms. The number of phenolic OH excluding ortho intramolecular Hbond substituents is 1. The molecular formula is C51H63N11O12. The van der Waals surface area contributed by atoms with E-state index in [1.807, 2.05) is 24.3 Å². The van der Waals surface area contributed by atoms with Gasteiger partial charge in [-0.2, -0.15) is 0 Å². The third kappa shape index (κ3) is 14.6. The Morgan fingerprint density at radius 1 is 0.676 bits per heavy atom. The maximum Gasteiger partial charge on any atom is 0.248 e. The third-order valence-electron chi connectivity index (χ3n) is 12.9. The largest absolute Gasteiger partial charge is 0.508 e. The lowest BCUT2D eigenvalue weighted by Crippen LogP contribution is -2.61. The summed E-state index contributed by atoms with van der Waals surface area (Å²) in [5.74, 6) is -8.60. The average molecular weight is 1020 g/mol. The number of aliphatic hydroxyl groups is 1. The molecule has 0 bridgehead atoms. The number of fused-ring (bicyclic) bond motifs is 1. The van der Waals surface area contributed by atoms with E-state index < -0.39 is 120 Å². The number of carbonyl (C=O) groups excluding carboxylic acids is 10. The monoisotopic (exact) mass is 1020 g/mol. The number of aromatic hydroxyl groups is 1. The van der Waals surface area contributed by atoms with Gasteiger partial charge in [0.25, 0.3) is 0 Å². The molecule has 14 N–H and O–H groups in total. The number of nitrogens with one attached hydrogen (secondary N) is 8. The molecule has 2 aliphatic rings. The van der Waals surface area contributed by atoms with Crippen molar-refractivity contribution in [2.75, 3.05) is 13.2 Å². The van der Waals surface area contributed by atoms with E-state index in [2.05, 4.69) is 42.2 Å². The molecule has 3 aromatic carbocycles. The average Bonchev–Trinajstić information content (AvgIpc) is 4.15. The molecular weight excluding hydrogens is 959 g/mol. The summed E-state index contributed by atoms with van der Waals surface area (Å²) in [7, 11) is 0. The summed E-state index contributed by atoms with van der Waals surface area (Å²) < 4.78 is 0. The molecule has 394 valence electrons.